The summed E-state index contributed by atoms with van der Waals surface area (Å²) in [6, 6.07) is 0. The molecule has 0 N–H and O–H groups in total. The first-order valence-electron chi connectivity index (χ1n) is 6.85. The van der Waals surface area contributed by atoms with Gasteiger partial charge in [0.2, 0.25) is 0 Å². The van der Waals surface area contributed by atoms with E-state index in [9.17, 15) is 9.59 Å². The summed E-state index contributed by atoms with van der Waals surface area (Å²) in [5.41, 5.74) is 8.35. The minimum atomic E-state index is -1.03. The summed E-state index contributed by atoms with van der Waals surface area (Å²) in [5.74, 6) is -1.87. The lowest BCUT2D eigenvalue weighted by Gasteiger charge is -2.22. The van der Waals surface area contributed by atoms with Crippen LogP contribution in [0, 0.1) is 5.92 Å². The predicted octanol–water partition coefficient (Wildman–Crippen LogP) is 2.64. The molecule has 0 aromatic heterocycles. The van der Waals surface area contributed by atoms with Gasteiger partial charge in [0.25, 0.3) is 0 Å². The summed E-state index contributed by atoms with van der Waals surface area (Å²) < 4.78 is 10.0. The second kappa shape index (κ2) is 11.3. The minimum absolute atomic E-state index is 0.0734. The third kappa shape index (κ3) is 6.54. The highest BCUT2D eigenvalue weighted by atomic mass is 16.5. The van der Waals surface area contributed by atoms with Gasteiger partial charge in [-0.25, -0.2) is 0 Å². The number of rotatable bonds is 11. The fourth-order valence-electron chi connectivity index (χ4n) is 1.86. The summed E-state index contributed by atoms with van der Waals surface area (Å²) in [5, 5.41) is 3.38. The van der Waals surface area contributed by atoms with Crippen LogP contribution in [-0.2, 0) is 19.1 Å². The Bertz CT molecular complexity index is 354. The molecule has 0 bridgehead atoms. The van der Waals surface area contributed by atoms with Crippen molar-refractivity contribution < 1.29 is 19.1 Å². The van der Waals surface area contributed by atoms with E-state index in [1.165, 1.54) is 7.11 Å². The van der Waals surface area contributed by atoms with Crippen LogP contribution in [0.3, 0.4) is 0 Å². The zero-order valence-corrected chi connectivity index (χ0v) is 12.4. The molecule has 0 spiro atoms. The Kier molecular flexibility index (Phi) is 10.4. The summed E-state index contributed by atoms with van der Waals surface area (Å²) in [4.78, 5) is 26.7. The number of hydrogen-bond donors (Lipinski definition) is 0. The molecule has 0 fully saturated rings. The molecular weight excluding hydrogens is 262 g/mol. The number of carbonyl (C=O) groups is 2. The average molecular weight is 285 g/mol. The normalized spacial score (nSPS) is 13.2. The minimum Gasteiger partial charge on any atom is -0.465 e. The number of Topliss-reactive ketones (excluding diaryl/α,β-unsaturated/α-hetero) is 1. The maximum atomic E-state index is 12.2. The van der Waals surface area contributed by atoms with Crippen LogP contribution in [0.2, 0.25) is 0 Å². The van der Waals surface area contributed by atoms with Crippen molar-refractivity contribution in [1.29, 1.82) is 0 Å². The molecule has 20 heavy (non-hydrogen) atoms. The van der Waals surface area contributed by atoms with E-state index in [0.29, 0.717) is 6.42 Å². The number of carbonyl (C=O) groups excluding carboxylic acids is 2. The third-order valence-electron chi connectivity index (χ3n) is 2.91. The number of nitrogens with zero attached hydrogens (tertiary/aromatic N) is 3. The highest BCUT2D eigenvalue weighted by molar-refractivity contribution is 5.99. The highest BCUT2D eigenvalue weighted by Crippen LogP contribution is 2.16. The van der Waals surface area contributed by atoms with E-state index >= 15 is 0 Å². The second-order valence-corrected chi connectivity index (χ2v) is 4.34. The molecule has 0 aromatic rings. The Morgan fingerprint density at radius 1 is 1.30 bits per heavy atom. The molecule has 0 aliphatic heterocycles. The van der Waals surface area contributed by atoms with Gasteiger partial charge >= 0.3 is 5.97 Å². The maximum Gasteiger partial charge on any atom is 0.319 e. The van der Waals surface area contributed by atoms with E-state index in [0.717, 1.165) is 19.3 Å². The van der Waals surface area contributed by atoms with E-state index in [1.807, 2.05) is 6.92 Å². The first-order chi connectivity index (χ1) is 9.62. The molecule has 0 aliphatic rings. The van der Waals surface area contributed by atoms with Crippen molar-refractivity contribution in [3.8, 4) is 0 Å². The quantitative estimate of drug-likeness (QED) is 0.145. The van der Waals surface area contributed by atoms with Crippen LogP contribution in [0.1, 0.15) is 39.5 Å². The van der Waals surface area contributed by atoms with Crippen LogP contribution >= 0.6 is 0 Å². The van der Waals surface area contributed by atoms with Crippen LogP contribution in [0.25, 0.3) is 10.4 Å². The van der Waals surface area contributed by atoms with Crippen LogP contribution in [0.5, 0.6) is 0 Å². The maximum absolute atomic E-state index is 12.2. The number of unbranched alkanes of at least 4 members (excludes halogenated alkanes) is 2. The van der Waals surface area contributed by atoms with Gasteiger partial charge in [0.05, 0.1) is 19.3 Å². The van der Waals surface area contributed by atoms with Gasteiger partial charge < -0.3 is 9.47 Å². The average Bonchev–Trinajstić information content (AvgIpc) is 2.43. The summed E-state index contributed by atoms with van der Waals surface area (Å²) in [6.07, 6.45) is 2.16. The van der Waals surface area contributed by atoms with E-state index in [4.69, 9.17) is 15.0 Å². The number of azide groups is 1. The van der Waals surface area contributed by atoms with Crippen molar-refractivity contribution in [2.45, 2.75) is 45.6 Å². The smallest absolute Gasteiger partial charge is 0.319 e. The summed E-state index contributed by atoms with van der Waals surface area (Å²) in [6.45, 7) is 3.82. The van der Waals surface area contributed by atoms with Gasteiger partial charge in [0.1, 0.15) is 11.7 Å². The standard InChI is InChI=1S/C13H23N3O4/c1-4-6-7-8-10(17)12(13(18)20-5-2)11(19-3)9-15-16-14/h11-12H,4-9H2,1-3H3. The number of esters is 1. The van der Waals surface area contributed by atoms with Crippen LogP contribution in [0.15, 0.2) is 5.11 Å². The molecule has 0 aromatic carbocycles. The first-order valence-corrected chi connectivity index (χ1v) is 6.85. The van der Waals surface area contributed by atoms with Crippen molar-refractivity contribution in [2.24, 2.45) is 11.0 Å². The van der Waals surface area contributed by atoms with Gasteiger partial charge in [-0.05, 0) is 18.9 Å². The first kappa shape index (κ1) is 18.4. The summed E-state index contributed by atoms with van der Waals surface area (Å²) in [7, 11) is 1.38. The van der Waals surface area contributed by atoms with Gasteiger partial charge in [-0.15, -0.1) is 0 Å². The third-order valence-corrected chi connectivity index (χ3v) is 2.91. The van der Waals surface area contributed by atoms with E-state index < -0.39 is 18.0 Å². The van der Waals surface area contributed by atoms with Crippen molar-refractivity contribution in [3.63, 3.8) is 0 Å². The molecule has 0 saturated heterocycles. The largest absolute Gasteiger partial charge is 0.465 e. The Labute approximate surface area is 119 Å². The second-order valence-electron chi connectivity index (χ2n) is 4.34. The van der Waals surface area contributed by atoms with Gasteiger partial charge in [0.15, 0.2) is 0 Å². The lowest BCUT2D eigenvalue weighted by molar-refractivity contribution is -0.157. The molecule has 0 saturated carbocycles. The Hall–Kier alpha value is -1.59. The van der Waals surface area contributed by atoms with E-state index in [-0.39, 0.29) is 18.9 Å². The van der Waals surface area contributed by atoms with Crippen LogP contribution in [-0.4, -0.2) is 38.1 Å². The Balaban J connectivity index is 4.88. The van der Waals surface area contributed by atoms with Gasteiger partial charge in [0, 0.05) is 18.4 Å². The lowest BCUT2D eigenvalue weighted by Crippen LogP contribution is -2.39. The Morgan fingerprint density at radius 2 is 2.00 bits per heavy atom. The molecule has 0 heterocycles. The fraction of sp³-hybridized carbons (Fsp3) is 0.846. The van der Waals surface area contributed by atoms with Gasteiger partial charge in [-0.2, -0.15) is 0 Å². The molecular formula is C13H23N3O4. The van der Waals surface area contributed by atoms with Gasteiger partial charge in [-0.3, -0.25) is 9.59 Å². The van der Waals surface area contributed by atoms with E-state index in [2.05, 4.69) is 10.0 Å². The van der Waals surface area contributed by atoms with Crippen molar-refractivity contribution in [2.75, 3.05) is 20.3 Å². The van der Waals surface area contributed by atoms with Crippen molar-refractivity contribution in [3.05, 3.63) is 10.4 Å². The Morgan fingerprint density at radius 3 is 2.50 bits per heavy atom. The van der Waals surface area contributed by atoms with Gasteiger partial charge in [-0.1, -0.05) is 24.9 Å². The van der Waals surface area contributed by atoms with Crippen LogP contribution < -0.4 is 0 Å². The number of ketones is 1. The molecule has 0 aliphatic carbocycles. The molecule has 2 unspecified atom stereocenters. The molecule has 7 nitrogen and oxygen atoms in total. The molecule has 2 atom stereocenters. The lowest BCUT2D eigenvalue weighted by atomic mass is 9.93. The SMILES string of the molecule is CCCCCC(=O)C(C(=O)OCC)C(CN=[N+]=[N-])OC. The zero-order valence-electron chi connectivity index (χ0n) is 12.4. The van der Waals surface area contributed by atoms with Crippen LogP contribution in [0.4, 0.5) is 0 Å². The fourth-order valence-corrected chi connectivity index (χ4v) is 1.86. The molecule has 0 rings (SSSR count). The molecule has 7 heteroatoms. The van der Waals surface area contributed by atoms with Crippen molar-refractivity contribution >= 4 is 11.8 Å². The summed E-state index contributed by atoms with van der Waals surface area (Å²) >= 11 is 0. The predicted molar refractivity (Wildman–Crippen MR) is 74.1 cm³/mol. The molecule has 114 valence electrons. The molecule has 0 amide bonds. The topological polar surface area (TPSA) is 101 Å². The monoisotopic (exact) mass is 285 g/mol. The van der Waals surface area contributed by atoms with E-state index in [1.54, 1.807) is 6.92 Å². The zero-order chi connectivity index (χ0) is 15.4. The number of hydrogen-bond acceptors (Lipinski definition) is 5. The number of methoxy groups -OCH3 is 1. The highest BCUT2D eigenvalue weighted by Gasteiger charge is 2.35. The van der Waals surface area contributed by atoms with Crippen molar-refractivity contribution in [1.82, 2.24) is 0 Å². The molecule has 0 radical (unpaired) electrons. The number of ether oxygens (including phenoxy) is 2.